The molecule has 0 aliphatic carbocycles. The minimum Gasteiger partial charge on any atom is -0.218 e. The lowest BCUT2D eigenvalue weighted by atomic mass is 10.4. The number of fused-ring (bicyclic) bond motifs is 1. The average molecular weight is 262 g/mol. The third-order valence-corrected chi connectivity index (χ3v) is 5.69. The molecule has 0 spiro atoms. The van der Waals surface area contributed by atoms with Gasteiger partial charge in [0.15, 0.2) is 0 Å². The van der Waals surface area contributed by atoms with Gasteiger partial charge in [0, 0.05) is 9.80 Å². The molecule has 0 saturated heterocycles. The second kappa shape index (κ2) is 4.44. The molecule has 0 amide bonds. The highest BCUT2D eigenvalue weighted by molar-refractivity contribution is 8.06. The van der Waals surface area contributed by atoms with Crippen molar-refractivity contribution in [3.05, 3.63) is 46.2 Å². The minimum absolute atomic E-state index is 0.291. The fraction of sp³-hybridized carbons (Fsp3) is 0.0769. The fourth-order valence-corrected chi connectivity index (χ4v) is 4.79. The number of sulfone groups is 1. The molecule has 2 nitrogen and oxygen atoms in total. The molecule has 0 unspecified atom stereocenters. The SMILES string of the molecule is C#CC=CC1=C(C)Sc2ccccc2S1(=O)=O. The average Bonchev–Trinajstić information content (AvgIpc) is 2.28. The Kier molecular flexibility index (Phi) is 3.14. The minimum atomic E-state index is -3.43. The van der Waals surface area contributed by atoms with E-state index in [4.69, 9.17) is 6.42 Å². The van der Waals surface area contributed by atoms with Gasteiger partial charge in [-0.2, -0.15) is 0 Å². The Morgan fingerprint density at radius 1 is 1.35 bits per heavy atom. The van der Waals surface area contributed by atoms with E-state index in [1.165, 1.54) is 23.9 Å². The molecule has 86 valence electrons. The van der Waals surface area contributed by atoms with E-state index in [0.29, 0.717) is 9.80 Å². The first kappa shape index (κ1) is 12.0. The summed E-state index contributed by atoms with van der Waals surface area (Å²) in [6, 6.07) is 6.98. The van der Waals surface area contributed by atoms with Crippen LogP contribution in [0.2, 0.25) is 0 Å². The maximum Gasteiger partial charge on any atom is 0.208 e. The molecule has 1 aliphatic rings. The quantitative estimate of drug-likeness (QED) is 0.730. The van der Waals surface area contributed by atoms with Crippen LogP contribution in [0, 0.1) is 12.3 Å². The molecule has 0 saturated carbocycles. The van der Waals surface area contributed by atoms with E-state index in [9.17, 15) is 8.42 Å². The van der Waals surface area contributed by atoms with Gasteiger partial charge in [0.1, 0.15) is 0 Å². The molecule has 4 heteroatoms. The summed E-state index contributed by atoms with van der Waals surface area (Å²) in [4.78, 5) is 2.16. The first-order valence-electron chi connectivity index (χ1n) is 4.93. The van der Waals surface area contributed by atoms with Crippen molar-refractivity contribution in [2.75, 3.05) is 0 Å². The van der Waals surface area contributed by atoms with Crippen molar-refractivity contribution < 1.29 is 8.42 Å². The molecular weight excluding hydrogens is 252 g/mol. The van der Waals surface area contributed by atoms with Crippen LogP contribution in [0.3, 0.4) is 0 Å². The molecule has 1 aliphatic heterocycles. The van der Waals surface area contributed by atoms with Gasteiger partial charge in [-0.25, -0.2) is 8.42 Å². The van der Waals surface area contributed by atoms with Crippen LogP contribution >= 0.6 is 11.8 Å². The van der Waals surface area contributed by atoms with Gasteiger partial charge in [-0.3, -0.25) is 0 Å². The summed E-state index contributed by atoms with van der Waals surface area (Å²) < 4.78 is 24.7. The van der Waals surface area contributed by atoms with Crippen LogP contribution in [-0.4, -0.2) is 8.42 Å². The van der Waals surface area contributed by atoms with Crippen molar-refractivity contribution >= 4 is 21.6 Å². The Morgan fingerprint density at radius 2 is 2.06 bits per heavy atom. The van der Waals surface area contributed by atoms with Crippen molar-refractivity contribution in [1.82, 2.24) is 0 Å². The van der Waals surface area contributed by atoms with Gasteiger partial charge < -0.3 is 0 Å². The second-order valence-corrected chi connectivity index (χ2v) is 6.62. The van der Waals surface area contributed by atoms with E-state index >= 15 is 0 Å². The zero-order valence-corrected chi connectivity index (χ0v) is 10.8. The first-order chi connectivity index (χ1) is 8.07. The summed E-state index contributed by atoms with van der Waals surface area (Å²) in [5.74, 6) is 2.31. The summed E-state index contributed by atoms with van der Waals surface area (Å²) >= 11 is 1.45. The smallest absolute Gasteiger partial charge is 0.208 e. The third-order valence-electron chi connectivity index (χ3n) is 2.37. The van der Waals surface area contributed by atoms with E-state index < -0.39 is 9.84 Å². The zero-order valence-electron chi connectivity index (χ0n) is 9.17. The molecule has 0 aromatic heterocycles. The molecular formula is C13H10O2S2. The van der Waals surface area contributed by atoms with E-state index in [0.717, 1.165) is 9.80 Å². The van der Waals surface area contributed by atoms with Gasteiger partial charge in [0.05, 0.1) is 9.80 Å². The van der Waals surface area contributed by atoms with Crippen molar-refractivity contribution in [3.8, 4) is 12.3 Å². The molecule has 0 atom stereocenters. The van der Waals surface area contributed by atoms with Crippen molar-refractivity contribution in [3.63, 3.8) is 0 Å². The van der Waals surface area contributed by atoms with Crippen LogP contribution in [0.25, 0.3) is 0 Å². The van der Waals surface area contributed by atoms with Gasteiger partial charge in [-0.1, -0.05) is 29.8 Å². The van der Waals surface area contributed by atoms with Crippen LogP contribution in [0.15, 0.2) is 56.0 Å². The lowest BCUT2D eigenvalue weighted by Gasteiger charge is -2.18. The number of thioether (sulfide) groups is 1. The highest BCUT2D eigenvalue weighted by Gasteiger charge is 2.28. The summed E-state index contributed by atoms with van der Waals surface area (Å²) in [6.07, 6.45) is 8.00. The Balaban J connectivity index is 2.66. The Hall–Kier alpha value is -1.44. The number of benzene rings is 1. The predicted molar refractivity (Wildman–Crippen MR) is 70.2 cm³/mol. The van der Waals surface area contributed by atoms with E-state index in [1.807, 2.05) is 12.1 Å². The molecule has 1 aromatic rings. The lowest BCUT2D eigenvalue weighted by molar-refractivity contribution is 0.600. The summed E-state index contributed by atoms with van der Waals surface area (Å²) in [5, 5.41) is 0. The molecule has 0 N–H and O–H groups in total. The van der Waals surface area contributed by atoms with Gasteiger partial charge in [0.25, 0.3) is 0 Å². The van der Waals surface area contributed by atoms with Crippen LogP contribution in [0.4, 0.5) is 0 Å². The fourth-order valence-electron chi connectivity index (χ4n) is 1.61. The normalized spacial score (nSPS) is 17.9. The van der Waals surface area contributed by atoms with Gasteiger partial charge in [0.2, 0.25) is 9.84 Å². The molecule has 0 radical (unpaired) electrons. The predicted octanol–water partition coefficient (Wildman–Crippen LogP) is 2.99. The first-order valence-corrected chi connectivity index (χ1v) is 7.23. The second-order valence-electron chi connectivity index (χ2n) is 3.47. The highest BCUT2D eigenvalue weighted by atomic mass is 32.2. The zero-order chi connectivity index (χ0) is 12.5. The standard InChI is InChI=1S/C13H10O2S2/c1-3-4-8-12-10(2)16-11-7-5-6-9-13(11)17(12,14)15/h1,4-9H,2H3. The van der Waals surface area contributed by atoms with E-state index in [-0.39, 0.29) is 0 Å². The largest absolute Gasteiger partial charge is 0.218 e. The Morgan fingerprint density at radius 3 is 2.76 bits per heavy atom. The molecule has 1 aromatic carbocycles. The van der Waals surface area contributed by atoms with Crippen LogP contribution in [-0.2, 0) is 9.84 Å². The molecule has 17 heavy (non-hydrogen) atoms. The van der Waals surface area contributed by atoms with E-state index in [2.05, 4.69) is 5.92 Å². The van der Waals surface area contributed by atoms with Crippen molar-refractivity contribution in [1.29, 1.82) is 0 Å². The van der Waals surface area contributed by atoms with Crippen LogP contribution in [0.5, 0.6) is 0 Å². The lowest BCUT2D eigenvalue weighted by Crippen LogP contribution is -2.09. The van der Waals surface area contributed by atoms with E-state index in [1.54, 1.807) is 19.1 Å². The maximum absolute atomic E-state index is 12.3. The number of allylic oxidation sites excluding steroid dienone is 3. The summed E-state index contributed by atoms with van der Waals surface area (Å²) in [5.41, 5.74) is 0. The summed E-state index contributed by atoms with van der Waals surface area (Å²) in [6.45, 7) is 1.79. The third kappa shape index (κ3) is 2.04. The molecule has 0 bridgehead atoms. The molecule has 1 heterocycles. The van der Waals surface area contributed by atoms with Crippen LogP contribution < -0.4 is 0 Å². The van der Waals surface area contributed by atoms with Crippen molar-refractivity contribution in [2.45, 2.75) is 16.7 Å². The Labute approximate surface area is 105 Å². The van der Waals surface area contributed by atoms with Crippen molar-refractivity contribution in [2.24, 2.45) is 0 Å². The van der Waals surface area contributed by atoms with Gasteiger partial charge >= 0.3 is 0 Å². The summed E-state index contributed by atoms with van der Waals surface area (Å²) in [7, 11) is -3.43. The number of hydrogen-bond acceptors (Lipinski definition) is 3. The van der Waals surface area contributed by atoms with Crippen LogP contribution in [0.1, 0.15) is 6.92 Å². The topological polar surface area (TPSA) is 34.1 Å². The Bertz CT molecular complexity index is 659. The monoisotopic (exact) mass is 262 g/mol. The number of rotatable bonds is 1. The maximum atomic E-state index is 12.3. The number of terminal acetylenes is 1. The highest BCUT2D eigenvalue weighted by Crippen LogP contribution is 2.42. The number of hydrogen-bond donors (Lipinski definition) is 0. The van der Waals surface area contributed by atoms with Gasteiger partial charge in [-0.15, -0.1) is 6.42 Å². The molecule has 2 rings (SSSR count). The van der Waals surface area contributed by atoms with Gasteiger partial charge in [-0.05, 0) is 31.2 Å². The molecule has 0 fully saturated rings.